The van der Waals surface area contributed by atoms with Gasteiger partial charge in [-0.25, -0.2) is 9.78 Å². The van der Waals surface area contributed by atoms with Crippen molar-refractivity contribution in [3.05, 3.63) is 75.0 Å². The Kier molecular flexibility index (Phi) is 4.95. The summed E-state index contributed by atoms with van der Waals surface area (Å²) in [7, 11) is 1.64. The van der Waals surface area contributed by atoms with Crippen LogP contribution in [0.4, 0.5) is 11.4 Å². The molecule has 152 valence electrons. The van der Waals surface area contributed by atoms with Gasteiger partial charge >= 0.3 is 5.97 Å². The SMILES string of the molecule is CNc1ccc(/C=C2\C[C@H](C)Cc3c2nc2ccccc2c3C(=O)O)cc1[N+](=O)[O-]. The van der Waals surface area contributed by atoms with Gasteiger partial charge in [-0.05, 0) is 53.7 Å². The largest absolute Gasteiger partial charge is 0.478 e. The molecule has 0 saturated carbocycles. The predicted octanol–water partition coefficient (Wildman–Crippen LogP) is 5.01. The molecule has 0 aliphatic heterocycles. The van der Waals surface area contributed by atoms with Gasteiger partial charge in [0, 0.05) is 18.5 Å². The number of rotatable bonds is 4. The first-order valence-corrected chi connectivity index (χ1v) is 9.71. The number of carboxylic acid groups (broad SMARTS) is 1. The lowest BCUT2D eigenvalue weighted by Crippen LogP contribution is -2.17. The second kappa shape index (κ2) is 7.59. The zero-order valence-corrected chi connectivity index (χ0v) is 16.7. The van der Waals surface area contributed by atoms with Gasteiger partial charge in [0.25, 0.3) is 5.69 Å². The van der Waals surface area contributed by atoms with E-state index >= 15 is 0 Å². The highest BCUT2D eigenvalue weighted by molar-refractivity contribution is 6.06. The number of anilines is 1. The molecule has 0 saturated heterocycles. The fourth-order valence-electron chi connectivity index (χ4n) is 4.18. The van der Waals surface area contributed by atoms with Crippen molar-refractivity contribution >= 4 is 39.9 Å². The second-order valence-corrected chi connectivity index (χ2v) is 7.60. The number of carboxylic acids is 1. The lowest BCUT2D eigenvalue weighted by molar-refractivity contribution is -0.383. The van der Waals surface area contributed by atoms with Crippen molar-refractivity contribution < 1.29 is 14.8 Å². The van der Waals surface area contributed by atoms with Crippen LogP contribution >= 0.6 is 0 Å². The number of nitro benzene ring substituents is 1. The summed E-state index contributed by atoms with van der Waals surface area (Å²) in [4.78, 5) is 27.9. The van der Waals surface area contributed by atoms with E-state index in [4.69, 9.17) is 4.98 Å². The standard InChI is InChI=1S/C23H21N3O4/c1-13-9-15(11-14-7-8-19(24-2)20(12-14)26(29)30)22-17(10-13)21(23(27)28)16-5-3-4-6-18(16)25-22/h3-8,11-13,24H,9-10H2,1-2H3,(H,27,28)/b15-11+/t13-/m0/s1. The maximum atomic E-state index is 12.1. The fourth-order valence-corrected chi connectivity index (χ4v) is 4.18. The van der Waals surface area contributed by atoms with Crippen LogP contribution in [0.5, 0.6) is 0 Å². The summed E-state index contributed by atoms with van der Waals surface area (Å²) >= 11 is 0. The number of hydrogen-bond acceptors (Lipinski definition) is 5. The fraction of sp³-hybridized carbons (Fsp3) is 0.217. The Hall–Kier alpha value is -3.74. The van der Waals surface area contributed by atoms with Crippen molar-refractivity contribution in [1.82, 2.24) is 4.98 Å². The van der Waals surface area contributed by atoms with E-state index in [0.717, 1.165) is 17.6 Å². The smallest absolute Gasteiger partial charge is 0.336 e. The Morgan fingerprint density at radius 1 is 1.27 bits per heavy atom. The van der Waals surface area contributed by atoms with Crippen molar-refractivity contribution in [3.63, 3.8) is 0 Å². The van der Waals surface area contributed by atoms with E-state index in [9.17, 15) is 20.0 Å². The molecule has 1 heterocycles. The summed E-state index contributed by atoms with van der Waals surface area (Å²) in [5.41, 5.74) is 4.34. The normalized spacial score (nSPS) is 17.0. The number of aromatic carboxylic acids is 1. The first-order valence-electron chi connectivity index (χ1n) is 9.71. The molecule has 3 aromatic rings. The summed E-state index contributed by atoms with van der Waals surface area (Å²) in [6, 6.07) is 12.3. The van der Waals surface area contributed by atoms with Gasteiger partial charge in [-0.15, -0.1) is 0 Å². The van der Waals surface area contributed by atoms with Gasteiger partial charge in [0.05, 0.1) is 21.7 Å². The highest BCUT2D eigenvalue weighted by Gasteiger charge is 2.28. The van der Waals surface area contributed by atoms with E-state index in [-0.39, 0.29) is 11.6 Å². The van der Waals surface area contributed by atoms with Gasteiger partial charge in [0.2, 0.25) is 0 Å². The topological polar surface area (TPSA) is 105 Å². The van der Waals surface area contributed by atoms with Crippen LogP contribution < -0.4 is 5.32 Å². The van der Waals surface area contributed by atoms with Crippen molar-refractivity contribution in [3.8, 4) is 0 Å². The van der Waals surface area contributed by atoms with Crippen LogP contribution in [-0.4, -0.2) is 28.0 Å². The summed E-state index contributed by atoms with van der Waals surface area (Å²) < 4.78 is 0. The molecular weight excluding hydrogens is 382 g/mol. The first-order chi connectivity index (χ1) is 14.4. The Balaban J connectivity index is 1.94. The predicted molar refractivity (Wildman–Crippen MR) is 117 cm³/mol. The van der Waals surface area contributed by atoms with E-state index < -0.39 is 10.9 Å². The molecule has 30 heavy (non-hydrogen) atoms. The van der Waals surface area contributed by atoms with Gasteiger partial charge in [-0.2, -0.15) is 0 Å². The molecule has 0 bridgehead atoms. The number of hydrogen-bond donors (Lipinski definition) is 2. The van der Waals surface area contributed by atoms with E-state index in [1.54, 1.807) is 19.2 Å². The van der Waals surface area contributed by atoms with Crippen molar-refractivity contribution in [1.29, 1.82) is 0 Å². The first kappa shape index (κ1) is 19.6. The number of para-hydroxylation sites is 1. The van der Waals surface area contributed by atoms with Gasteiger partial charge in [0.15, 0.2) is 0 Å². The van der Waals surface area contributed by atoms with Crippen LogP contribution in [0.3, 0.4) is 0 Å². The Morgan fingerprint density at radius 2 is 2.03 bits per heavy atom. The molecule has 1 aliphatic carbocycles. The molecule has 0 fully saturated rings. The zero-order valence-electron chi connectivity index (χ0n) is 16.7. The molecule has 4 rings (SSSR count). The third-order valence-electron chi connectivity index (χ3n) is 5.46. The van der Waals surface area contributed by atoms with Crippen LogP contribution in [0.15, 0.2) is 42.5 Å². The van der Waals surface area contributed by atoms with Crippen LogP contribution in [0, 0.1) is 16.0 Å². The summed E-state index contributed by atoms with van der Waals surface area (Å²) in [5.74, 6) is -0.733. The highest BCUT2D eigenvalue weighted by Crippen LogP contribution is 2.39. The van der Waals surface area contributed by atoms with Crippen LogP contribution in [-0.2, 0) is 6.42 Å². The average molecular weight is 403 g/mol. The highest BCUT2D eigenvalue weighted by atomic mass is 16.6. The molecule has 1 aliphatic rings. The molecule has 2 aromatic carbocycles. The number of allylic oxidation sites excluding steroid dienone is 1. The van der Waals surface area contributed by atoms with Crippen molar-refractivity contribution in [2.45, 2.75) is 19.8 Å². The van der Waals surface area contributed by atoms with E-state index in [1.807, 2.05) is 30.3 Å². The molecule has 1 aromatic heterocycles. The molecule has 7 heteroatoms. The third kappa shape index (κ3) is 3.39. The second-order valence-electron chi connectivity index (χ2n) is 7.60. The number of carbonyl (C=O) groups is 1. The molecule has 0 spiro atoms. The number of aromatic nitrogens is 1. The summed E-state index contributed by atoms with van der Waals surface area (Å²) in [6.45, 7) is 2.07. The maximum absolute atomic E-state index is 12.1. The number of benzene rings is 2. The van der Waals surface area contributed by atoms with Gasteiger partial charge in [-0.1, -0.05) is 31.2 Å². The molecule has 1 atom stereocenters. The maximum Gasteiger partial charge on any atom is 0.336 e. The van der Waals surface area contributed by atoms with Gasteiger partial charge in [-0.3, -0.25) is 10.1 Å². The molecule has 7 nitrogen and oxygen atoms in total. The minimum atomic E-state index is -0.965. The number of nitrogens with zero attached hydrogens (tertiary/aromatic N) is 2. The quantitative estimate of drug-likeness (QED) is 0.469. The Labute approximate surface area is 173 Å². The van der Waals surface area contributed by atoms with Crippen LogP contribution in [0.1, 0.15) is 40.5 Å². The Bertz CT molecular complexity index is 1220. The molecule has 0 amide bonds. The van der Waals surface area contributed by atoms with E-state index in [1.165, 1.54) is 6.07 Å². The van der Waals surface area contributed by atoms with Gasteiger partial charge in [0.1, 0.15) is 5.69 Å². The summed E-state index contributed by atoms with van der Waals surface area (Å²) in [5, 5.41) is 24.8. The molecule has 0 radical (unpaired) electrons. The number of fused-ring (bicyclic) bond motifs is 2. The van der Waals surface area contributed by atoms with Gasteiger partial charge < -0.3 is 10.4 Å². The molecular formula is C23H21N3O4. The van der Waals surface area contributed by atoms with Crippen molar-refractivity contribution in [2.75, 3.05) is 12.4 Å². The third-order valence-corrected chi connectivity index (χ3v) is 5.46. The van der Waals surface area contributed by atoms with E-state index in [2.05, 4.69) is 12.2 Å². The summed E-state index contributed by atoms with van der Waals surface area (Å²) in [6.07, 6.45) is 3.23. The molecule has 0 unspecified atom stereocenters. The number of pyridine rings is 1. The zero-order chi connectivity index (χ0) is 21.4. The van der Waals surface area contributed by atoms with Crippen LogP contribution in [0.2, 0.25) is 0 Å². The van der Waals surface area contributed by atoms with E-state index in [0.29, 0.717) is 39.8 Å². The average Bonchev–Trinajstić information content (AvgIpc) is 2.71. The lowest BCUT2D eigenvalue weighted by atomic mass is 9.80. The monoisotopic (exact) mass is 403 g/mol. The van der Waals surface area contributed by atoms with Crippen LogP contribution in [0.25, 0.3) is 22.6 Å². The number of nitro groups is 1. The lowest BCUT2D eigenvalue weighted by Gasteiger charge is -2.26. The minimum absolute atomic E-state index is 0.00590. The minimum Gasteiger partial charge on any atom is -0.478 e. The Morgan fingerprint density at radius 3 is 2.73 bits per heavy atom. The number of nitrogens with one attached hydrogen (secondary N) is 1. The molecule has 2 N–H and O–H groups in total. The van der Waals surface area contributed by atoms with Crippen molar-refractivity contribution in [2.24, 2.45) is 5.92 Å².